The first-order valence-electron chi connectivity index (χ1n) is 8.32. The van der Waals surface area contributed by atoms with E-state index in [1.54, 1.807) is 16.4 Å². The zero-order chi connectivity index (χ0) is 18.1. The molecular formula is C20H28N2OS. The molecule has 1 aromatic heterocycles. The molecule has 24 heavy (non-hydrogen) atoms. The second-order valence-corrected chi connectivity index (χ2v) is 9.28. The molecule has 0 saturated heterocycles. The van der Waals surface area contributed by atoms with E-state index in [9.17, 15) is 4.79 Å². The minimum absolute atomic E-state index is 0.00376. The van der Waals surface area contributed by atoms with Gasteiger partial charge in [-0.25, -0.2) is 4.68 Å². The summed E-state index contributed by atoms with van der Waals surface area (Å²) in [6.07, 6.45) is 1.82. The van der Waals surface area contributed by atoms with Gasteiger partial charge < -0.3 is 0 Å². The van der Waals surface area contributed by atoms with Crippen LogP contribution in [0.4, 0.5) is 0 Å². The highest BCUT2D eigenvalue weighted by molar-refractivity contribution is 7.98. The quantitative estimate of drug-likeness (QED) is 0.743. The van der Waals surface area contributed by atoms with E-state index in [0.717, 1.165) is 16.2 Å². The average molecular weight is 345 g/mol. The molecule has 0 aliphatic heterocycles. The Balaban J connectivity index is 2.22. The average Bonchev–Trinajstić information content (AvgIpc) is 2.47. The Morgan fingerprint density at radius 2 is 1.79 bits per heavy atom. The summed E-state index contributed by atoms with van der Waals surface area (Å²) >= 11 is 1.68. The summed E-state index contributed by atoms with van der Waals surface area (Å²) in [5.41, 5.74) is 3.22. The van der Waals surface area contributed by atoms with E-state index in [4.69, 9.17) is 0 Å². The summed E-state index contributed by atoms with van der Waals surface area (Å²) in [6, 6.07) is 8.68. The Hall–Kier alpha value is -1.55. The molecule has 130 valence electrons. The molecule has 2 rings (SSSR count). The first-order chi connectivity index (χ1) is 11.0. The van der Waals surface area contributed by atoms with Crippen LogP contribution in [-0.2, 0) is 16.7 Å². The summed E-state index contributed by atoms with van der Waals surface area (Å²) in [4.78, 5) is 13.5. The Kier molecular flexibility index (Phi) is 5.28. The van der Waals surface area contributed by atoms with Crippen LogP contribution < -0.4 is 5.56 Å². The lowest BCUT2D eigenvalue weighted by atomic mass is 9.86. The molecule has 1 heterocycles. The lowest BCUT2D eigenvalue weighted by Gasteiger charge is -2.21. The second kappa shape index (κ2) is 6.75. The van der Waals surface area contributed by atoms with E-state index in [1.165, 1.54) is 11.1 Å². The van der Waals surface area contributed by atoms with Crippen LogP contribution in [0.25, 0.3) is 0 Å². The van der Waals surface area contributed by atoms with Gasteiger partial charge in [-0.3, -0.25) is 4.79 Å². The third kappa shape index (κ3) is 4.29. The van der Waals surface area contributed by atoms with E-state index in [0.29, 0.717) is 0 Å². The van der Waals surface area contributed by atoms with Crippen LogP contribution in [0.2, 0.25) is 0 Å². The molecule has 1 aromatic carbocycles. The summed E-state index contributed by atoms with van der Waals surface area (Å²) < 4.78 is 1.56. The predicted molar refractivity (Wildman–Crippen MR) is 103 cm³/mol. The summed E-state index contributed by atoms with van der Waals surface area (Å²) in [5, 5.41) is 4.36. The van der Waals surface area contributed by atoms with Crippen LogP contribution >= 0.6 is 11.8 Å². The molecule has 3 nitrogen and oxygen atoms in total. The molecule has 0 amide bonds. The van der Waals surface area contributed by atoms with Gasteiger partial charge in [0.05, 0.1) is 11.7 Å². The molecular weight excluding hydrogens is 316 g/mol. The molecule has 0 N–H and O–H groups in total. The first-order valence-corrected chi connectivity index (χ1v) is 9.30. The van der Waals surface area contributed by atoms with Gasteiger partial charge in [0.1, 0.15) is 0 Å². The smallest absolute Gasteiger partial charge is 0.267 e. The van der Waals surface area contributed by atoms with Crippen molar-refractivity contribution in [2.75, 3.05) is 0 Å². The van der Waals surface area contributed by atoms with E-state index in [2.05, 4.69) is 50.1 Å². The fourth-order valence-corrected chi connectivity index (χ4v) is 3.36. The van der Waals surface area contributed by atoms with Crippen LogP contribution in [0.1, 0.15) is 58.2 Å². The largest absolute Gasteiger partial charge is 0.271 e. The molecule has 0 atom stereocenters. The van der Waals surface area contributed by atoms with Crippen molar-refractivity contribution in [1.82, 2.24) is 9.78 Å². The van der Waals surface area contributed by atoms with Crippen LogP contribution in [0.15, 0.2) is 40.2 Å². The molecule has 4 heteroatoms. The number of hydrogen-bond acceptors (Lipinski definition) is 3. The fraction of sp³-hybridized carbons (Fsp3) is 0.500. The topological polar surface area (TPSA) is 34.9 Å². The SMILES string of the molecule is Cc1c(SCc2cccc(C(C)(C)C)c2)cnn(C(C)(C)C)c1=O. The van der Waals surface area contributed by atoms with E-state index in [-0.39, 0.29) is 16.5 Å². The number of aromatic nitrogens is 2. The number of nitrogens with zero attached hydrogens (tertiary/aromatic N) is 2. The minimum atomic E-state index is -0.300. The van der Waals surface area contributed by atoms with Gasteiger partial charge in [-0.1, -0.05) is 45.0 Å². The maximum Gasteiger partial charge on any atom is 0.271 e. The molecule has 0 fully saturated rings. The molecule has 2 aromatic rings. The van der Waals surface area contributed by atoms with Crippen molar-refractivity contribution in [3.8, 4) is 0 Å². The Morgan fingerprint density at radius 3 is 2.38 bits per heavy atom. The minimum Gasteiger partial charge on any atom is -0.267 e. The normalized spacial score (nSPS) is 12.5. The van der Waals surface area contributed by atoms with Crippen molar-refractivity contribution in [3.63, 3.8) is 0 Å². The van der Waals surface area contributed by atoms with Crippen LogP contribution in [0, 0.1) is 6.92 Å². The third-order valence-corrected chi connectivity index (χ3v) is 5.20. The zero-order valence-corrected chi connectivity index (χ0v) is 16.6. The van der Waals surface area contributed by atoms with E-state index < -0.39 is 0 Å². The van der Waals surface area contributed by atoms with Gasteiger partial charge in [0, 0.05) is 16.2 Å². The van der Waals surface area contributed by atoms with Crippen molar-refractivity contribution in [2.45, 2.75) is 70.1 Å². The summed E-state index contributed by atoms with van der Waals surface area (Å²) in [5.74, 6) is 0.839. The Bertz CT molecular complexity index is 779. The fourth-order valence-electron chi connectivity index (χ4n) is 2.44. The summed E-state index contributed by atoms with van der Waals surface area (Å²) in [6.45, 7) is 14.5. The van der Waals surface area contributed by atoms with Gasteiger partial charge in [0.2, 0.25) is 0 Å². The molecule has 0 radical (unpaired) electrons. The van der Waals surface area contributed by atoms with Gasteiger partial charge in [0.25, 0.3) is 5.56 Å². The van der Waals surface area contributed by atoms with Crippen molar-refractivity contribution < 1.29 is 0 Å². The van der Waals surface area contributed by atoms with E-state index >= 15 is 0 Å². The Morgan fingerprint density at radius 1 is 1.12 bits per heavy atom. The highest BCUT2D eigenvalue weighted by Crippen LogP contribution is 2.27. The van der Waals surface area contributed by atoms with Crippen LogP contribution in [0.3, 0.4) is 0 Å². The predicted octanol–water partition coefficient (Wildman–Crippen LogP) is 4.90. The highest BCUT2D eigenvalue weighted by Gasteiger charge is 2.18. The van der Waals surface area contributed by atoms with Crippen molar-refractivity contribution in [3.05, 3.63) is 57.5 Å². The van der Waals surface area contributed by atoms with Gasteiger partial charge in [-0.05, 0) is 44.2 Å². The highest BCUT2D eigenvalue weighted by atomic mass is 32.2. The number of rotatable bonds is 3. The molecule has 0 bridgehead atoms. The first kappa shape index (κ1) is 18.8. The van der Waals surface area contributed by atoms with Gasteiger partial charge in [-0.15, -0.1) is 11.8 Å². The molecule has 0 aliphatic carbocycles. The number of benzene rings is 1. The van der Waals surface area contributed by atoms with Gasteiger partial charge >= 0.3 is 0 Å². The van der Waals surface area contributed by atoms with Crippen molar-refractivity contribution in [2.24, 2.45) is 0 Å². The molecule has 0 saturated carbocycles. The maximum absolute atomic E-state index is 12.5. The van der Waals surface area contributed by atoms with Crippen LogP contribution in [0.5, 0.6) is 0 Å². The van der Waals surface area contributed by atoms with E-state index in [1.807, 2.05) is 33.9 Å². The zero-order valence-electron chi connectivity index (χ0n) is 15.8. The molecule has 0 spiro atoms. The number of thioether (sulfide) groups is 1. The standard InChI is InChI=1S/C20H28N2OS/c1-14-17(12-21-22(18(14)23)20(5,6)7)24-13-15-9-8-10-16(11-15)19(2,3)4/h8-12H,13H2,1-7H3. The molecule has 0 aliphatic rings. The van der Waals surface area contributed by atoms with Crippen LogP contribution in [-0.4, -0.2) is 9.78 Å². The van der Waals surface area contributed by atoms with Crippen molar-refractivity contribution >= 4 is 11.8 Å². The summed E-state index contributed by atoms with van der Waals surface area (Å²) in [7, 11) is 0. The van der Waals surface area contributed by atoms with Crippen molar-refractivity contribution in [1.29, 1.82) is 0 Å². The second-order valence-electron chi connectivity index (χ2n) is 8.26. The molecule has 0 unspecified atom stereocenters. The Labute approximate surface area is 149 Å². The monoisotopic (exact) mass is 344 g/mol. The number of hydrogen-bond donors (Lipinski definition) is 0. The lowest BCUT2D eigenvalue weighted by molar-refractivity contribution is 0.334. The lowest BCUT2D eigenvalue weighted by Crippen LogP contribution is -2.37. The van der Waals surface area contributed by atoms with Gasteiger partial charge in [-0.2, -0.15) is 5.10 Å². The third-order valence-electron chi connectivity index (χ3n) is 4.00. The van der Waals surface area contributed by atoms with Gasteiger partial charge in [0.15, 0.2) is 0 Å². The maximum atomic E-state index is 12.5.